The summed E-state index contributed by atoms with van der Waals surface area (Å²) in [6, 6.07) is 9.29. The maximum atomic E-state index is 10.5. The maximum absolute atomic E-state index is 10.5. The van der Waals surface area contributed by atoms with Crippen LogP contribution >= 0.6 is 0 Å². The number of ether oxygens (including phenoxy) is 1. The van der Waals surface area contributed by atoms with Gasteiger partial charge in [0, 0.05) is 6.07 Å². The summed E-state index contributed by atoms with van der Waals surface area (Å²) >= 11 is 0. The minimum Gasteiger partial charge on any atom is -0.546 e. The van der Waals surface area contributed by atoms with Crippen LogP contribution in [0.3, 0.4) is 0 Å². The molecule has 0 aliphatic rings. The summed E-state index contributed by atoms with van der Waals surface area (Å²) < 4.78 is 4.94. The van der Waals surface area contributed by atoms with Crippen molar-refractivity contribution in [2.75, 3.05) is 12.0 Å². The van der Waals surface area contributed by atoms with Crippen LogP contribution in [0.2, 0.25) is 0 Å². The second-order valence-electron chi connectivity index (χ2n) is 4.26. The number of pyridine rings is 1. The van der Waals surface area contributed by atoms with Crippen LogP contribution in [0.15, 0.2) is 47.7 Å². The second kappa shape index (κ2) is 7.50. The molecule has 0 spiro atoms. The third kappa shape index (κ3) is 5.08. The summed E-state index contributed by atoms with van der Waals surface area (Å²) in [4.78, 5) is 24.1. The number of carboxylic acids is 1. The first-order chi connectivity index (χ1) is 11.0. The molecule has 0 bridgehead atoms. The molecule has 1 aromatic heterocycles. The number of nitrogens with one attached hydrogen (secondary N) is 1. The molecule has 1 aromatic carbocycles. The molecular weight excluding hydrogens is 304 g/mol. The highest BCUT2D eigenvalue weighted by Crippen LogP contribution is 2.12. The molecule has 0 radical (unpaired) electrons. The summed E-state index contributed by atoms with van der Waals surface area (Å²) in [6.45, 7) is -0.513. The topological polar surface area (TPSA) is 130 Å². The first kappa shape index (κ1) is 15.9. The van der Waals surface area contributed by atoms with Gasteiger partial charge in [0.1, 0.15) is 24.4 Å². The van der Waals surface area contributed by atoms with E-state index >= 15 is 0 Å². The molecule has 118 valence electrons. The normalized spacial score (nSPS) is 10.4. The van der Waals surface area contributed by atoms with E-state index in [1.165, 1.54) is 18.3 Å². The van der Waals surface area contributed by atoms with Gasteiger partial charge in [0.15, 0.2) is 0 Å². The van der Waals surface area contributed by atoms with E-state index < -0.39 is 17.5 Å². The largest absolute Gasteiger partial charge is 0.546 e. The van der Waals surface area contributed by atoms with Crippen molar-refractivity contribution in [2.24, 2.45) is 5.10 Å². The molecule has 9 heteroatoms. The smallest absolute Gasteiger partial charge is 0.287 e. The van der Waals surface area contributed by atoms with Gasteiger partial charge in [-0.1, -0.05) is 0 Å². The van der Waals surface area contributed by atoms with Crippen molar-refractivity contribution in [3.8, 4) is 5.75 Å². The van der Waals surface area contributed by atoms with Crippen molar-refractivity contribution >= 4 is 23.7 Å². The van der Waals surface area contributed by atoms with Gasteiger partial charge in [-0.25, -0.2) is 4.98 Å². The number of hydrazone groups is 1. The molecule has 0 saturated heterocycles. The van der Waals surface area contributed by atoms with E-state index in [0.717, 1.165) is 11.8 Å². The highest BCUT2D eigenvalue weighted by molar-refractivity contribution is 5.80. The Labute approximate surface area is 130 Å². The molecule has 0 unspecified atom stereocenters. The average Bonchev–Trinajstić information content (AvgIpc) is 2.54. The zero-order valence-electron chi connectivity index (χ0n) is 11.7. The molecule has 0 fully saturated rings. The van der Waals surface area contributed by atoms with Gasteiger partial charge in [0.25, 0.3) is 5.69 Å². The van der Waals surface area contributed by atoms with Gasteiger partial charge in [-0.2, -0.15) is 5.10 Å². The van der Waals surface area contributed by atoms with Gasteiger partial charge in [-0.05, 0) is 35.9 Å². The van der Waals surface area contributed by atoms with E-state index in [0.29, 0.717) is 11.6 Å². The average molecular weight is 315 g/mol. The van der Waals surface area contributed by atoms with E-state index in [4.69, 9.17) is 4.74 Å². The van der Waals surface area contributed by atoms with Crippen molar-refractivity contribution in [3.63, 3.8) is 0 Å². The number of rotatable bonds is 7. The molecule has 0 atom stereocenters. The summed E-state index contributed by atoms with van der Waals surface area (Å²) in [7, 11) is 0. The van der Waals surface area contributed by atoms with Crippen molar-refractivity contribution in [3.05, 3.63) is 58.3 Å². The maximum Gasteiger partial charge on any atom is 0.287 e. The van der Waals surface area contributed by atoms with Crippen molar-refractivity contribution in [1.82, 2.24) is 4.98 Å². The Morgan fingerprint density at radius 2 is 2.04 bits per heavy atom. The fraction of sp³-hybridized carbons (Fsp3) is 0.0714. The van der Waals surface area contributed by atoms with E-state index in [1.807, 2.05) is 0 Å². The van der Waals surface area contributed by atoms with E-state index in [1.54, 1.807) is 24.3 Å². The summed E-state index contributed by atoms with van der Waals surface area (Å²) in [5, 5.41) is 24.7. The van der Waals surface area contributed by atoms with Crippen molar-refractivity contribution < 1.29 is 19.6 Å². The van der Waals surface area contributed by atoms with Crippen molar-refractivity contribution in [1.29, 1.82) is 0 Å². The van der Waals surface area contributed by atoms with Gasteiger partial charge in [-0.15, -0.1) is 0 Å². The lowest BCUT2D eigenvalue weighted by molar-refractivity contribution is -0.385. The Morgan fingerprint density at radius 1 is 1.30 bits per heavy atom. The highest BCUT2D eigenvalue weighted by atomic mass is 16.6. The standard InChI is InChI=1S/C14H12N4O5/c19-14(20)9-23-12-4-1-10(2-5-12)7-16-17-13-6-3-11(8-15-13)18(21)22/h1-8H,9H2,(H,15,17)(H,19,20)/p-1/b16-7-. The monoisotopic (exact) mass is 315 g/mol. The predicted molar refractivity (Wildman–Crippen MR) is 79.1 cm³/mol. The Balaban J connectivity index is 1.90. The molecule has 2 rings (SSSR count). The Morgan fingerprint density at radius 3 is 2.61 bits per heavy atom. The number of hydrogen-bond acceptors (Lipinski definition) is 8. The van der Waals surface area contributed by atoms with Crippen LogP contribution in [0, 0.1) is 10.1 Å². The first-order valence-corrected chi connectivity index (χ1v) is 6.37. The molecular formula is C14H11N4O5-. The fourth-order valence-electron chi connectivity index (χ4n) is 1.53. The molecule has 9 nitrogen and oxygen atoms in total. The molecule has 2 aromatic rings. The quantitative estimate of drug-likeness (QED) is 0.449. The number of carboxylic acid groups (broad SMARTS) is 1. The molecule has 1 heterocycles. The molecule has 0 amide bonds. The van der Waals surface area contributed by atoms with Crippen LogP contribution in [0.25, 0.3) is 0 Å². The number of carbonyl (C=O) groups is 1. The minimum atomic E-state index is -1.30. The predicted octanol–water partition coefficient (Wildman–Crippen LogP) is 0.564. The fourth-order valence-corrected chi connectivity index (χ4v) is 1.53. The first-order valence-electron chi connectivity index (χ1n) is 6.37. The molecule has 0 aliphatic heterocycles. The molecule has 0 aliphatic carbocycles. The van der Waals surface area contributed by atoms with Crippen LogP contribution in [0.5, 0.6) is 5.75 Å². The summed E-state index contributed by atoms with van der Waals surface area (Å²) in [5.41, 5.74) is 3.26. The number of benzene rings is 1. The van der Waals surface area contributed by atoms with E-state index in [-0.39, 0.29) is 5.69 Å². The SMILES string of the molecule is O=C([O-])COc1ccc(/C=N\Nc2ccc([N+](=O)[O-])cn2)cc1. The Hall–Kier alpha value is -3.49. The van der Waals surface area contributed by atoms with Gasteiger partial charge in [0.2, 0.25) is 0 Å². The zero-order valence-corrected chi connectivity index (χ0v) is 11.7. The third-order valence-electron chi connectivity index (χ3n) is 2.59. The van der Waals surface area contributed by atoms with Gasteiger partial charge in [0.05, 0.1) is 17.1 Å². The highest BCUT2D eigenvalue weighted by Gasteiger charge is 2.04. The van der Waals surface area contributed by atoms with Gasteiger partial charge in [-0.3, -0.25) is 15.5 Å². The number of aromatic nitrogens is 1. The molecule has 1 N–H and O–H groups in total. The van der Waals surface area contributed by atoms with Crippen LogP contribution in [-0.2, 0) is 4.79 Å². The lowest BCUT2D eigenvalue weighted by atomic mass is 10.2. The number of carbonyl (C=O) groups excluding carboxylic acids is 1. The summed E-state index contributed by atoms with van der Waals surface area (Å²) in [5.74, 6) is -0.535. The van der Waals surface area contributed by atoms with Crippen LogP contribution in [0.4, 0.5) is 11.5 Å². The van der Waals surface area contributed by atoms with Crippen molar-refractivity contribution in [2.45, 2.75) is 0 Å². The lowest BCUT2D eigenvalue weighted by Crippen LogP contribution is -2.28. The minimum absolute atomic E-state index is 0.105. The van der Waals surface area contributed by atoms with E-state index in [2.05, 4.69) is 15.5 Å². The Kier molecular flexibility index (Phi) is 5.18. The number of hydrogen-bond donors (Lipinski definition) is 1. The number of nitrogens with zero attached hydrogens (tertiary/aromatic N) is 3. The van der Waals surface area contributed by atoms with Gasteiger partial charge < -0.3 is 14.6 Å². The van der Waals surface area contributed by atoms with E-state index in [9.17, 15) is 20.0 Å². The van der Waals surface area contributed by atoms with Crippen LogP contribution < -0.4 is 15.3 Å². The second-order valence-corrected chi connectivity index (χ2v) is 4.26. The number of aliphatic carboxylic acids is 1. The van der Waals surface area contributed by atoms with Gasteiger partial charge >= 0.3 is 0 Å². The number of nitro groups is 1. The van der Waals surface area contributed by atoms with Crippen LogP contribution in [0.1, 0.15) is 5.56 Å². The Bertz CT molecular complexity index is 713. The molecule has 0 saturated carbocycles. The third-order valence-corrected chi connectivity index (χ3v) is 2.59. The molecule has 23 heavy (non-hydrogen) atoms. The van der Waals surface area contributed by atoms with Crippen LogP contribution in [-0.4, -0.2) is 28.7 Å². The lowest BCUT2D eigenvalue weighted by Gasteiger charge is -2.06. The number of anilines is 1. The summed E-state index contributed by atoms with van der Waals surface area (Å²) in [6.07, 6.45) is 2.63. The zero-order chi connectivity index (χ0) is 16.7.